The second-order valence-corrected chi connectivity index (χ2v) is 5.54. The van der Waals surface area contributed by atoms with Crippen molar-refractivity contribution in [2.24, 2.45) is 5.41 Å². The Morgan fingerprint density at radius 1 is 1.44 bits per heavy atom. The van der Waals surface area contributed by atoms with Gasteiger partial charge in [-0.3, -0.25) is 9.59 Å². The van der Waals surface area contributed by atoms with Gasteiger partial charge >= 0.3 is 5.97 Å². The van der Waals surface area contributed by atoms with Crippen LogP contribution in [-0.4, -0.2) is 47.7 Å². The van der Waals surface area contributed by atoms with Crippen molar-refractivity contribution < 1.29 is 19.4 Å². The van der Waals surface area contributed by atoms with Crippen LogP contribution < -0.4 is 0 Å². The van der Waals surface area contributed by atoms with Crippen LogP contribution >= 0.6 is 0 Å². The fourth-order valence-electron chi connectivity index (χ4n) is 2.23. The molecule has 1 heterocycles. The molecule has 0 aromatic carbocycles. The van der Waals surface area contributed by atoms with Gasteiger partial charge in [0, 0.05) is 25.1 Å². The van der Waals surface area contributed by atoms with Crippen LogP contribution in [0.3, 0.4) is 0 Å². The number of carbonyl (C=O) groups is 2. The van der Waals surface area contributed by atoms with Crippen molar-refractivity contribution in [2.75, 3.05) is 13.7 Å². The van der Waals surface area contributed by atoms with Crippen LogP contribution in [0.5, 0.6) is 0 Å². The number of nitrogens with zero attached hydrogens (tertiary/aromatic N) is 1. The van der Waals surface area contributed by atoms with E-state index in [0.29, 0.717) is 13.0 Å². The highest BCUT2D eigenvalue weighted by Gasteiger charge is 2.41. The maximum Gasteiger partial charge on any atom is 0.305 e. The highest BCUT2D eigenvalue weighted by molar-refractivity contribution is 5.83. The Balaban J connectivity index is 2.83. The molecular formula is C13H23NO4. The molecule has 0 aliphatic carbocycles. The first-order chi connectivity index (χ1) is 8.31. The molecule has 0 spiro atoms. The first kappa shape index (κ1) is 15.0. The monoisotopic (exact) mass is 257 g/mol. The fraction of sp³-hybridized carbons (Fsp3) is 0.846. The molecule has 1 amide bonds. The maximum atomic E-state index is 12.4. The first-order valence-electron chi connectivity index (χ1n) is 6.37. The fourth-order valence-corrected chi connectivity index (χ4v) is 2.23. The van der Waals surface area contributed by atoms with Crippen molar-refractivity contribution in [3.05, 3.63) is 0 Å². The third-order valence-electron chi connectivity index (χ3n) is 3.84. The smallest absolute Gasteiger partial charge is 0.305 e. The molecule has 1 saturated heterocycles. The summed E-state index contributed by atoms with van der Waals surface area (Å²) in [6.45, 7) is 6.26. The number of ether oxygens (including phenoxy) is 1. The molecule has 0 bridgehead atoms. The maximum absolute atomic E-state index is 12.4. The molecular weight excluding hydrogens is 234 g/mol. The van der Waals surface area contributed by atoms with Gasteiger partial charge in [0.15, 0.2) is 0 Å². The zero-order valence-electron chi connectivity index (χ0n) is 11.6. The Morgan fingerprint density at radius 3 is 2.50 bits per heavy atom. The number of hydrogen-bond acceptors (Lipinski definition) is 3. The SMILES string of the molecule is CCC(C)(C)C(=O)N1CC(OC)CC1CC(=O)O. The average Bonchev–Trinajstić information content (AvgIpc) is 2.70. The lowest BCUT2D eigenvalue weighted by molar-refractivity contribution is -0.144. The Kier molecular flexibility index (Phi) is 4.73. The summed E-state index contributed by atoms with van der Waals surface area (Å²) < 4.78 is 5.26. The van der Waals surface area contributed by atoms with E-state index in [4.69, 9.17) is 9.84 Å². The normalized spacial score (nSPS) is 24.3. The number of hydrogen-bond donors (Lipinski definition) is 1. The number of carboxylic acids is 1. The molecule has 1 rings (SSSR count). The van der Waals surface area contributed by atoms with E-state index in [0.717, 1.165) is 6.42 Å². The van der Waals surface area contributed by atoms with Gasteiger partial charge < -0.3 is 14.7 Å². The highest BCUT2D eigenvalue weighted by Crippen LogP contribution is 2.30. The third kappa shape index (κ3) is 3.22. The lowest BCUT2D eigenvalue weighted by Gasteiger charge is -2.31. The first-order valence-corrected chi connectivity index (χ1v) is 6.37. The van der Waals surface area contributed by atoms with Crippen LogP contribution in [0.15, 0.2) is 0 Å². The number of likely N-dealkylation sites (tertiary alicyclic amines) is 1. The second kappa shape index (κ2) is 5.69. The molecule has 0 radical (unpaired) electrons. The summed E-state index contributed by atoms with van der Waals surface area (Å²) in [6, 6.07) is -0.245. The third-order valence-corrected chi connectivity index (χ3v) is 3.84. The number of carboxylic acid groups (broad SMARTS) is 1. The van der Waals surface area contributed by atoms with Crippen molar-refractivity contribution in [3.8, 4) is 0 Å². The van der Waals surface area contributed by atoms with Crippen molar-refractivity contribution >= 4 is 11.9 Å². The predicted octanol–water partition coefficient (Wildman–Crippen LogP) is 1.51. The highest BCUT2D eigenvalue weighted by atomic mass is 16.5. The molecule has 2 unspecified atom stereocenters. The van der Waals surface area contributed by atoms with Gasteiger partial charge in [-0.2, -0.15) is 0 Å². The zero-order valence-corrected chi connectivity index (χ0v) is 11.6. The number of carbonyl (C=O) groups excluding carboxylic acids is 1. The summed E-state index contributed by atoms with van der Waals surface area (Å²) in [5.74, 6) is -0.848. The van der Waals surface area contributed by atoms with Crippen LogP contribution in [0.4, 0.5) is 0 Å². The minimum Gasteiger partial charge on any atom is -0.481 e. The van der Waals surface area contributed by atoms with Gasteiger partial charge in [0.05, 0.1) is 12.5 Å². The molecule has 104 valence electrons. The zero-order chi connectivity index (χ0) is 13.9. The minimum absolute atomic E-state index is 0.00854. The summed E-state index contributed by atoms with van der Waals surface area (Å²) >= 11 is 0. The molecule has 5 nitrogen and oxygen atoms in total. The van der Waals surface area contributed by atoms with Gasteiger partial charge in [0.25, 0.3) is 0 Å². The molecule has 0 aromatic heterocycles. The molecule has 0 saturated carbocycles. The Morgan fingerprint density at radius 2 is 2.06 bits per heavy atom. The largest absolute Gasteiger partial charge is 0.481 e. The number of rotatable bonds is 5. The van der Waals surface area contributed by atoms with E-state index < -0.39 is 11.4 Å². The quantitative estimate of drug-likeness (QED) is 0.810. The van der Waals surface area contributed by atoms with E-state index in [2.05, 4.69) is 0 Å². The van der Waals surface area contributed by atoms with Crippen LogP contribution in [0.25, 0.3) is 0 Å². The number of amides is 1. The van der Waals surface area contributed by atoms with Crippen LogP contribution in [0.2, 0.25) is 0 Å². The van der Waals surface area contributed by atoms with Gasteiger partial charge in [-0.1, -0.05) is 20.8 Å². The Bertz CT molecular complexity index is 327. The number of methoxy groups -OCH3 is 1. The molecule has 2 atom stereocenters. The average molecular weight is 257 g/mol. The minimum atomic E-state index is -0.871. The summed E-state index contributed by atoms with van der Waals surface area (Å²) in [5, 5.41) is 8.91. The lowest BCUT2D eigenvalue weighted by atomic mass is 9.88. The van der Waals surface area contributed by atoms with E-state index in [1.54, 1.807) is 12.0 Å². The molecule has 1 aliphatic rings. The van der Waals surface area contributed by atoms with E-state index in [9.17, 15) is 9.59 Å². The number of aliphatic carboxylic acids is 1. The van der Waals surface area contributed by atoms with E-state index in [-0.39, 0.29) is 24.5 Å². The van der Waals surface area contributed by atoms with E-state index >= 15 is 0 Å². The second-order valence-electron chi connectivity index (χ2n) is 5.54. The van der Waals surface area contributed by atoms with Gasteiger partial charge in [-0.25, -0.2) is 0 Å². The van der Waals surface area contributed by atoms with Crippen LogP contribution in [-0.2, 0) is 14.3 Å². The predicted molar refractivity (Wildman–Crippen MR) is 67.2 cm³/mol. The molecule has 18 heavy (non-hydrogen) atoms. The van der Waals surface area contributed by atoms with E-state index in [1.165, 1.54) is 0 Å². The van der Waals surface area contributed by atoms with Gasteiger partial charge in [-0.05, 0) is 12.8 Å². The summed E-state index contributed by atoms with van der Waals surface area (Å²) in [4.78, 5) is 25.0. The Hall–Kier alpha value is -1.10. The van der Waals surface area contributed by atoms with Gasteiger partial charge in [0.1, 0.15) is 0 Å². The van der Waals surface area contributed by atoms with Crippen LogP contribution in [0.1, 0.15) is 40.0 Å². The summed E-state index contributed by atoms with van der Waals surface area (Å²) in [7, 11) is 1.60. The molecule has 1 aliphatic heterocycles. The van der Waals surface area contributed by atoms with Crippen molar-refractivity contribution in [3.63, 3.8) is 0 Å². The molecule has 1 N–H and O–H groups in total. The summed E-state index contributed by atoms with van der Waals surface area (Å²) in [5.41, 5.74) is -0.445. The van der Waals surface area contributed by atoms with Crippen molar-refractivity contribution in [1.82, 2.24) is 4.90 Å². The van der Waals surface area contributed by atoms with Gasteiger partial charge in [0.2, 0.25) is 5.91 Å². The van der Waals surface area contributed by atoms with Crippen LogP contribution in [0, 0.1) is 5.41 Å². The molecule has 1 fully saturated rings. The molecule has 0 aromatic rings. The van der Waals surface area contributed by atoms with E-state index in [1.807, 2.05) is 20.8 Å². The van der Waals surface area contributed by atoms with Crippen molar-refractivity contribution in [1.29, 1.82) is 0 Å². The topological polar surface area (TPSA) is 66.8 Å². The Labute approximate surface area is 108 Å². The molecule has 5 heteroatoms. The van der Waals surface area contributed by atoms with Crippen molar-refractivity contribution in [2.45, 2.75) is 52.2 Å². The lowest BCUT2D eigenvalue weighted by Crippen LogP contribution is -2.44. The standard InChI is InChI=1S/C13H23NO4/c1-5-13(2,3)12(17)14-8-10(18-4)6-9(14)7-11(15)16/h9-10H,5-8H2,1-4H3,(H,15,16). The van der Waals surface area contributed by atoms with Gasteiger partial charge in [-0.15, -0.1) is 0 Å². The summed E-state index contributed by atoms with van der Waals surface area (Å²) in [6.07, 6.45) is 1.28.